The first-order chi connectivity index (χ1) is 8.31. The van der Waals surface area contributed by atoms with Gasteiger partial charge in [-0.1, -0.05) is 32.6 Å². The Balaban J connectivity index is 2.01. The van der Waals surface area contributed by atoms with Gasteiger partial charge in [-0.3, -0.25) is 0 Å². The highest BCUT2D eigenvalue weighted by Crippen LogP contribution is 2.32. The van der Waals surface area contributed by atoms with E-state index < -0.39 is 0 Å². The Bertz CT molecular complexity index is 327. The molecule has 1 atom stereocenters. The summed E-state index contributed by atoms with van der Waals surface area (Å²) in [6.45, 7) is 5.15. The number of hydrogen-bond acceptors (Lipinski definition) is 3. The summed E-state index contributed by atoms with van der Waals surface area (Å²) in [5.41, 5.74) is 0. The number of hydrogen-bond donors (Lipinski definition) is 1. The van der Waals surface area contributed by atoms with E-state index in [0.717, 1.165) is 18.2 Å². The number of nitrogens with zero attached hydrogens (tertiary/aromatic N) is 1. The Hall–Kier alpha value is -0.830. The second-order valence-electron chi connectivity index (χ2n) is 5.07. The second kappa shape index (κ2) is 6.20. The van der Waals surface area contributed by atoms with Crippen LogP contribution in [0.2, 0.25) is 0 Å². The molecule has 1 N–H and O–H groups in total. The molecule has 96 valence electrons. The van der Waals surface area contributed by atoms with Crippen molar-refractivity contribution in [1.82, 2.24) is 10.3 Å². The van der Waals surface area contributed by atoms with Gasteiger partial charge in [-0.25, -0.2) is 4.98 Å². The Kier molecular flexibility index (Phi) is 4.60. The van der Waals surface area contributed by atoms with E-state index in [4.69, 9.17) is 4.42 Å². The molecule has 1 aliphatic rings. The molecule has 0 amide bonds. The number of nitrogens with one attached hydrogen (secondary N) is 1. The summed E-state index contributed by atoms with van der Waals surface area (Å²) < 4.78 is 5.92. The highest BCUT2D eigenvalue weighted by molar-refractivity contribution is 5.04. The molecule has 0 bridgehead atoms. The van der Waals surface area contributed by atoms with Crippen molar-refractivity contribution in [3.8, 4) is 0 Å². The molecule has 0 radical (unpaired) electrons. The van der Waals surface area contributed by atoms with Gasteiger partial charge < -0.3 is 9.73 Å². The maximum Gasteiger partial charge on any atom is 0.211 e. The summed E-state index contributed by atoms with van der Waals surface area (Å²) in [5.74, 6) is 2.55. The Labute approximate surface area is 104 Å². The van der Waals surface area contributed by atoms with Gasteiger partial charge in [0.2, 0.25) is 5.89 Å². The van der Waals surface area contributed by atoms with E-state index >= 15 is 0 Å². The number of rotatable bonds is 4. The van der Waals surface area contributed by atoms with Crippen LogP contribution in [-0.4, -0.2) is 11.5 Å². The van der Waals surface area contributed by atoms with Gasteiger partial charge in [0.25, 0.3) is 0 Å². The smallest absolute Gasteiger partial charge is 0.211 e. The molecule has 1 aromatic heterocycles. The van der Waals surface area contributed by atoms with Crippen LogP contribution in [0.5, 0.6) is 0 Å². The standard InChI is InChI=1S/C14H24N2O/c1-3-15-11(2)14-16-10-13(17-14)12-8-6-4-5-7-9-12/h10-12,15H,3-9H2,1-2H3. The van der Waals surface area contributed by atoms with E-state index in [2.05, 4.69) is 24.1 Å². The zero-order chi connectivity index (χ0) is 12.1. The summed E-state index contributed by atoms with van der Waals surface area (Å²) in [6, 6.07) is 0.222. The van der Waals surface area contributed by atoms with E-state index in [1.54, 1.807) is 0 Å². The molecular weight excluding hydrogens is 212 g/mol. The minimum Gasteiger partial charge on any atom is -0.444 e. The molecule has 1 heterocycles. The largest absolute Gasteiger partial charge is 0.444 e. The molecule has 0 aliphatic heterocycles. The summed E-state index contributed by atoms with van der Waals surface area (Å²) in [7, 11) is 0. The topological polar surface area (TPSA) is 38.1 Å². The highest BCUT2D eigenvalue weighted by atomic mass is 16.4. The molecule has 1 unspecified atom stereocenters. The van der Waals surface area contributed by atoms with Crippen LogP contribution in [0.1, 0.15) is 76.0 Å². The third-order valence-electron chi connectivity index (χ3n) is 3.68. The van der Waals surface area contributed by atoms with Gasteiger partial charge in [0, 0.05) is 5.92 Å². The third kappa shape index (κ3) is 3.32. The van der Waals surface area contributed by atoms with Crippen LogP contribution in [-0.2, 0) is 0 Å². The lowest BCUT2D eigenvalue weighted by Crippen LogP contribution is -2.17. The molecule has 0 spiro atoms. The summed E-state index contributed by atoms with van der Waals surface area (Å²) in [5, 5.41) is 3.33. The van der Waals surface area contributed by atoms with Crippen LogP contribution in [0.3, 0.4) is 0 Å². The van der Waals surface area contributed by atoms with Gasteiger partial charge in [0.1, 0.15) is 5.76 Å². The van der Waals surface area contributed by atoms with Crippen molar-refractivity contribution in [2.75, 3.05) is 6.54 Å². The predicted octanol–water partition coefficient (Wildman–Crippen LogP) is 3.78. The van der Waals surface area contributed by atoms with Crippen LogP contribution >= 0.6 is 0 Å². The molecular formula is C14H24N2O. The number of oxazole rings is 1. The van der Waals surface area contributed by atoms with E-state index in [9.17, 15) is 0 Å². The van der Waals surface area contributed by atoms with E-state index in [0.29, 0.717) is 5.92 Å². The van der Waals surface area contributed by atoms with Crippen molar-refractivity contribution in [3.63, 3.8) is 0 Å². The Morgan fingerprint density at radius 1 is 1.35 bits per heavy atom. The van der Waals surface area contributed by atoms with E-state index in [-0.39, 0.29) is 6.04 Å². The van der Waals surface area contributed by atoms with Crippen molar-refractivity contribution in [1.29, 1.82) is 0 Å². The molecule has 0 aromatic carbocycles. The van der Waals surface area contributed by atoms with Crippen LogP contribution < -0.4 is 5.32 Å². The van der Waals surface area contributed by atoms with Crippen molar-refractivity contribution in [2.45, 2.75) is 64.3 Å². The van der Waals surface area contributed by atoms with Gasteiger partial charge in [-0.05, 0) is 26.3 Å². The van der Waals surface area contributed by atoms with Gasteiger partial charge >= 0.3 is 0 Å². The predicted molar refractivity (Wildman–Crippen MR) is 69.0 cm³/mol. The van der Waals surface area contributed by atoms with E-state index in [1.165, 1.54) is 38.5 Å². The molecule has 1 saturated carbocycles. The molecule has 3 nitrogen and oxygen atoms in total. The van der Waals surface area contributed by atoms with Gasteiger partial charge in [0.05, 0.1) is 12.2 Å². The summed E-state index contributed by atoms with van der Waals surface area (Å²) in [6.07, 6.45) is 9.91. The normalized spacial score (nSPS) is 20.1. The minimum absolute atomic E-state index is 0.222. The maximum atomic E-state index is 5.92. The quantitative estimate of drug-likeness (QED) is 0.808. The fourth-order valence-electron chi connectivity index (χ4n) is 2.65. The van der Waals surface area contributed by atoms with Gasteiger partial charge in [-0.15, -0.1) is 0 Å². The lowest BCUT2D eigenvalue weighted by Gasteiger charge is -2.11. The first-order valence-corrected chi connectivity index (χ1v) is 7.00. The first-order valence-electron chi connectivity index (χ1n) is 7.00. The lowest BCUT2D eigenvalue weighted by molar-refractivity contribution is 0.369. The van der Waals surface area contributed by atoms with Crippen LogP contribution in [0.25, 0.3) is 0 Å². The molecule has 1 fully saturated rings. The van der Waals surface area contributed by atoms with Crippen LogP contribution in [0, 0.1) is 0 Å². The van der Waals surface area contributed by atoms with Crippen molar-refractivity contribution in [3.05, 3.63) is 17.8 Å². The molecule has 1 aliphatic carbocycles. The highest BCUT2D eigenvalue weighted by Gasteiger charge is 2.20. The first kappa shape index (κ1) is 12.6. The fraction of sp³-hybridized carbons (Fsp3) is 0.786. The van der Waals surface area contributed by atoms with Crippen LogP contribution in [0.4, 0.5) is 0 Å². The fourth-order valence-corrected chi connectivity index (χ4v) is 2.65. The molecule has 3 heteroatoms. The zero-order valence-corrected chi connectivity index (χ0v) is 11.0. The average molecular weight is 236 g/mol. The molecule has 1 aromatic rings. The monoisotopic (exact) mass is 236 g/mol. The zero-order valence-electron chi connectivity index (χ0n) is 11.0. The second-order valence-corrected chi connectivity index (χ2v) is 5.07. The van der Waals surface area contributed by atoms with Crippen molar-refractivity contribution < 1.29 is 4.42 Å². The summed E-state index contributed by atoms with van der Waals surface area (Å²) >= 11 is 0. The minimum atomic E-state index is 0.222. The average Bonchev–Trinajstić information content (AvgIpc) is 2.66. The summed E-state index contributed by atoms with van der Waals surface area (Å²) in [4.78, 5) is 4.41. The molecule has 17 heavy (non-hydrogen) atoms. The molecule has 2 rings (SSSR count). The van der Waals surface area contributed by atoms with Gasteiger partial charge in [0.15, 0.2) is 0 Å². The SMILES string of the molecule is CCNC(C)c1ncc(C2CCCCCC2)o1. The Morgan fingerprint density at radius 2 is 2.06 bits per heavy atom. The van der Waals surface area contributed by atoms with Crippen molar-refractivity contribution in [2.24, 2.45) is 0 Å². The van der Waals surface area contributed by atoms with Crippen molar-refractivity contribution >= 4 is 0 Å². The lowest BCUT2D eigenvalue weighted by atomic mass is 9.98. The third-order valence-corrected chi connectivity index (χ3v) is 3.68. The molecule has 0 saturated heterocycles. The van der Waals surface area contributed by atoms with Gasteiger partial charge in [-0.2, -0.15) is 0 Å². The van der Waals surface area contributed by atoms with E-state index in [1.807, 2.05) is 6.20 Å². The maximum absolute atomic E-state index is 5.92. The van der Waals surface area contributed by atoms with Crippen LogP contribution in [0.15, 0.2) is 10.6 Å². The number of aromatic nitrogens is 1. The Morgan fingerprint density at radius 3 is 2.71 bits per heavy atom.